The lowest BCUT2D eigenvalue weighted by Crippen LogP contribution is -2.31. The van der Waals surface area contributed by atoms with Crippen molar-refractivity contribution in [3.8, 4) is 5.69 Å². The van der Waals surface area contributed by atoms with E-state index >= 15 is 0 Å². The summed E-state index contributed by atoms with van der Waals surface area (Å²) in [7, 11) is 0. The van der Waals surface area contributed by atoms with E-state index in [1.54, 1.807) is 0 Å². The van der Waals surface area contributed by atoms with E-state index in [0.717, 1.165) is 16.6 Å². The number of H-pyrrole nitrogens is 1. The smallest absolute Gasteiger partial charge is 0.319 e. The Labute approximate surface area is 149 Å². The lowest BCUT2D eigenvalue weighted by atomic mass is 10.2. The van der Waals surface area contributed by atoms with Crippen LogP contribution in [0.15, 0.2) is 61.1 Å². The second-order valence-electron chi connectivity index (χ2n) is 5.85. The van der Waals surface area contributed by atoms with E-state index in [0.29, 0.717) is 11.5 Å². The number of urea groups is 1. The van der Waals surface area contributed by atoms with Gasteiger partial charge < -0.3 is 10.6 Å². The number of hydrogen-bond acceptors (Lipinski definition) is 4. The Morgan fingerprint density at radius 2 is 1.96 bits per heavy atom. The molecular formula is C18H17N7O. The summed E-state index contributed by atoms with van der Waals surface area (Å²) in [4.78, 5) is 16.1. The monoisotopic (exact) mass is 347 g/mol. The normalized spacial score (nSPS) is 12.0. The first-order valence-electron chi connectivity index (χ1n) is 8.17. The molecule has 3 N–H and O–H groups in total. The summed E-state index contributed by atoms with van der Waals surface area (Å²) in [6, 6.07) is 14.9. The third-order valence-corrected chi connectivity index (χ3v) is 4.04. The number of nitrogens with one attached hydrogen (secondary N) is 3. The van der Waals surface area contributed by atoms with Crippen molar-refractivity contribution in [2.45, 2.75) is 13.0 Å². The predicted molar refractivity (Wildman–Crippen MR) is 98.0 cm³/mol. The quantitative estimate of drug-likeness (QED) is 0.528. The van der Waals surface area contributed by atoms with E-state index in [2.05, 4.69) is 30.9 Å². The Morgan fingerprint density at radius 3 is 2.73 bits per heavy atom. The number of anilines is 1. The Balaban J connectivity index is 1.45. The van der Waals surface area contributed by atoms with Gasteiger partial charge in [0.15, 0.2) is 0 Å². The molecule has 0 unspecified atom stereocenters. The molecule has 0 spiro atoms. The Kier molecular flexibility index (Phi) is 4.06. The van der Waals surface area contributed by atoms with Gasteiger partial charge in [-0.2, -0.15) is 10.2 Å². The van der Waals surface area contributed by atoms with Crippen LogP contribution in [0.25, 0.3) is 16.6 Å². The highest BCUT2D eigenvalue weighted by Gasteiger charge is 2.12. The fourth-order valence-corrected chi connectivity index (χ4v) is 2.72. The number of para-hydroxylation sites is 1. The summed E-state index contributed by atoms with van der Waals surface area (Å²) in [6.45, 7) is 1.83. The van der Waals surface area contributed by atoms with Crippen LogP contribution in [0.4, 0.5) is 10.5 Å². The number of nitrogens with zero attached hydrogens (tertiary/aromatic N) is 4. The van der Waals surface area contributed by atoms with E-state index in [-0.39, 0.29) is 12.1 Å². The molecule has 1 atom stereocenters. The Hall–Kier alpha value is -3.68. The largest absolute Gasteiger partial charge is 0.328 e. The molecule has 0 aliphatic rings. The van der Waals surface area contributed by atoms with Gasteiger partial charge in [-0.25, -0.2) is 14.5 Å². The molecule has 26 heavy (non-hydrogen) atoms. The molecule has 2 amide bonds. The average Bonchev–Trinajstić information content (AvgIpc) is 3.32. The van der Waals surface area contributed by atoms with Crippen LogP contribution in [0.1, 0.15) is 18.8 Å². The molecule has 8 nitrogen and oxygen atoms in total. The van der Waals surface area contributed by atoms with Gasteiger partial charge in [0.1, 0.15) is 12.2 Å². The van der Waals surface area contributed by atoms with Crippen molar-refractivity contribution >= 4 is 22.6 Å². The molecule has 0 bridgehead atoms. The predicted octanol–water partition coefficient (Wildman–Crippen LogP) is 3.03. The Bertz CT molecular complexity index is 1020. The van der Waals surface area contributed by atoms with Gasteiger partial charge in [-0.05, 0) is 37.3 Å². The van der Waals surface area contributed by atoms with E-state index in [9.17, 15) is 4.79 Å². The number of carbonyl (C=O) groups excluding carboxylic acids is 1. The van der Waals surface area contributed by atoms with Crippen LogP contribution in [0.2, 0.25) is 0 Å². The van der Waals surface area contributed by atoms with Gasteiger partial charge in [-0.15, -0.1) is 0 Å². The number of hydrogen-bond donors (Lipinski definition) is 3. The molecular weight excluding hydrogens is 330 g/mol. The van der Waals surface area contributed by atoms with Crippen LogP contribution in [-0.4, -0.2) is 31.0 Å². The molecule has 0 saturated heterocycles. The van der Waals surface area contributed by atoms with E-state index in [1.807, 2.05) is 66.3 Å². The lowest BCUT2D eigenvalue weighted by Gasteiger charge is -2.12. The number of carbonyl (C=O) groups is 1. The Morgan fingerprint density at radius 1 is 1.15 bits per heavy atom. The highest BCUT2D eigenvalue weighted by atomic mass is 16.2. The van der Waals surface area contributed by atoms with Crippen molar-refractivity contribution in [1.82, 2.24) is 30.3 Å². The highest BCUT2D eigenvalue weighted by molar-refractivity contribution is 5.89. The molecule has 8 heteroatoms. The zero-order chi connectivity index (χ0) is 17.9. The van der Waals surface area contributed by atoms with Crippen molar-refractivity contribution in [3.05, 3.63) is 66.9 Å². The maximum absolute atomic E-state index is 12.1. The summed E-state index contributed by atoms with van der Waals surface area (Å²) < 4.78 is 1.87. The minimum absolute atomic E-state index is 0.271. The molecule has 130 valence electrons. The molecule has 4 rings (SSSR count). The summed E-state index contributed by atoms with van der Waals surface area (Å²) in [5.41, 5.74) is 2.64. The summed E-state index contributed by atoms with van der Waals surface area (Å²) in [5, 5.41) is 17.6. The third kappa shape index (κ3) is 3.12. The maximum atomic E-state index is 12.1. The second kappa shape index (κ2) is 6.67. The van der Waals surface area contributed by atoms with Crippen molar-refractivity contribution in [2.75, 3.05) is 5.32 Å². The molecule has 0 saturated carbocycles. The number of aromatic nitrogens is 5. The van der Waals surface area contributed by atoms with Crippen LogP contribution in [0.3, 0.4) is 0 Å². The van der Waals surface area contributed by atoms with Crippen molar-refractivity contribution in [1.29, 1.82) is 0 Å². The fraction of sp³-hybridized carbons (Fsp3) is 0.111. The van der Waals surface area contributed by atoms with Gasteiger partial charge in [0, 0.05) is 11.1 Å². The lowest BCUT2D eigenvalue weighted by molar-refractivity contribution is 0.249. The number of aromatic amines is 1. The van der Waals surface area contributed by atoms with E-state index in [1.165, 1.54) is 6.33 Å². The van der Waals surface area contributed by atoms with Crippen LogP contribution >= 0.6 is 0 Å². The first-order valence-corrected chi connectivity index (χ1v) is 8.17. The molecule has 4 aromatic rings. The second-order valence-corrected chi connectivity index (χ2v) is 5.85. The summed E-state index contributed by atoms with van der Waals surface area (Å²) in [5.74, 6) is 0.598. The molecule has 2 aromatic heterocycles. The van der Waals surface area contributed by atoms with Gasteiger partial charge in [0.25, 0.3) is 0 Å². The maximum Gasteiger partial charge on any atom is 0.319 e. The average molecular weight is 347 g/mol. The van der Waals surface area contributed by atoms with E-state index in [4.69, 9.17) is 0 Å². The number of benzene rings is 2. The van der Waals surface area contributed by atoms with Crippen molar-refractivity contribution < 1.29 is 4.79 Å². The van der Waals surface area contributed by atoms with Crippen LogP contribution < -0.4 is 10.6 Å². The van der Waals surface area contributed by atoms with Gasteiger partial charge in [0.2, 0.25) is 0 Å². The first kappa shape index (κ1) is 15.8. The molecule has 0 aliphatic heterocycles. The SMILES string of the molecule is C[C@@H](NC(=O)Nc1ccc(-n2ncc3ccccc32)cc1)c1ncn[nH]1. The number of rotatable bonds is 4. The molecule has 0 aliphatic carbocycles. The highest BCUT2D eigenvalue weighted by Crippen LogP contribution is 2.19. The summed E-state index contributed by atoms with van der Waals surface area (Å²) in [6.07, 6.45) is 3.24. The van der Waals surface area contributed by atoms with Crippen LogP contribution in [0.5, 0.6) is 0 Å². The van der Waals surface area contributed by atoms with Crippen molar-refractivity contribution in [3.63, 3.8) is 0 Å². The zero-order valence-corrected chi connectivity index (χ0v) is 14.0. The zero-order valence-electron chi connectivity index (χ0n) is 14.0. The number of fused-ring (bicyclic) bond motifs is 1. The topological polar surface area (TPSA) is 101 Å². The third-order valence-electron chi connectivity index (χ3n) is 4.04. The van der Waals surface area contributed by atoms with Gasteiger partial charge >= 0.3 is 6.03 Å². The van der Waals surface area contributed by atoms with Gasteiger partial charge in [0.05, 0.1) is 23.4 Å². The van der Waals surface area contributed by atoms with Gasteiger partial charge in [-0.3, -0.25) is 5.10 Å². The molecule has 0 radical (unpaired) electrons. The standard InChI is InChI=1S/C18H17N7O/c1-12(17-19-11-20-24-17)22-18(26)23-14-6-8-15(9-7-14)25-16-5-3-2-4-13(16)10-21-25/h2-12H,1H3,(H,19,20,24)(H2,22,23,26)/t12-/m1/s1. The fourth-order valence-electron chi connectivity index (χ4n) is 2.72. The van der Waals surface area contributed by atoms with Gasteiger partial charge in [-0.1, -0.05) is 18.2 Å². The van der Waals surface area contributed by atoms with Crippen molar-refractivity contribution in [2.24, 2.45) is 0 Å². The first-order chi connectivity index (χ1) is 12.7. The number of amides is 2. The van der Waals surface area contributed by atoms with E-state index < -0.39 is 0 Å². The van der Waals surface area contributed by atoms with Crippen LogP contribution in [0, 0.1) is 0 Å². The summed E-state index contributed by atoms with van der Waals surface area (Å²) >= 11 is 0. The van der Waals surface area contributed by atoms with Crippen LogP contribution in [-0.2, 0) is 0 Å². The molecule has 0 fully saturated rings. The minimum Gasteiger partial charge on any atom is -0.328 e. The molecule has 2 aromatic carbocycles. The molecule has 2 heterocycles. The minimum atomic E-state index is -0.314.